The molecule has 0 N–H and O–H groups in total. The fourth-order valence-corrected chi connectivity index (χ4v) is 6.79. The van der Waals surface area contributed by atoms with E-state index < -0.39 is 0 Å². The van der Waals surface area contributed by atoms with E-state index in [4.69, 9.17) is 0 Å². The van der Waals surface area contributed by atoms with E-state index in [0.717, 1.165) is 32.1 Å². The lowest BCUT2D eigenvalue weighted by atomic mass is 10.0. The first-order valence-corrected chi connectivity index (χ1v) is 14.8. The largest absolute Gasteiger partial charge is 0.313 e. The molecule has 2 nitrogen and oxygen atoms in total. The Labute approximate surface area is 240 Å². The van der Waals surface area contributed by atoms with Crippen molar-refractivity contribution in [3.05, 3.63) is 150 Å². The molecule has 41 heavy (non-hydrogen) atoms. The van der Waals surface area contributed by atoms with Crippen LogP contribution < -0.4 is 0 Å². The third kappa shape index (κ3) is 4.10. The molecule has 8 rings (SSSR count). The van der Waals surface area contributed by atoms with Gasteiger partial charge in [-0.25, -0.2) is 0 Å². The molecule has 0 saturated carbocycles. The van der Waals surface area contributed by atoms with E-state index in [9.17, 15) is 0 Å². The van der Waals surface area contributed by atoms with Gasteiger partial charge in [-0.05, 0) is 85.7 Å². The Balaban J connectivity index is 0.987. The van der Waals surface area contributed by atoms with Crippen LogP contribution in [0.1, 0.15) is 35.2 Å². The highest BCUT2D eigenvalue weighted by atomic mass is 15.0. The highest BCUT2D eigenvalue weighted by Crippen LogP contribution is 2.34. The number of benzene rings is 5. The van der Waals surface area contributed by atoms with E-state index in [1.54, 1.807) is 0 Å². The van der Waals surface area contributed by atoms with Gasteiger partial charge in [0.2, 0.25) is 0 Å². The van der Waals surface area contributed by atoms with Gasteiger partial charge in [-0.2, -0.15) is 0 Å². The Kier molecular flexibility index (Phi) is 5.84. The number of aromatic nitrogens is 2. The second kappa shape index (κ2) is 9.98. The van der Waals surface area contributed by atoms with E-state index >= 15 is 0 Å². The van der Waals surface area contributed by atoms with Crippen LogP contribution in [-0.4, -0.2) is 9.13 Å². The van der Waals surface area contributed by atoms with Crippen molar-refractivity contribution in [2.75, 3.05) is 0 Å². The van der Waals surface area contributed by atoms with Crippen molar-refractivity contribution in [3.63, 3.8) is 0 Å². The van der Waals surface area contributed by atoms with E-state index in [2.05, 4.69) is 143 Å². The number of hydrogen-bond donors (Lipinski definition) is 0. The van der Waals surface area contributed by atoms with Gasteiger partial charge in [-0.3, -0.25) is 0 Å². The van der Waals surface area contributed by atoms with Crippen LogP contribution in [0.3, 0.4) is 0 Å². The molecule has 0 saturated heterocycles. The van der Waals surface area contributed by atoms with Crippen molar-refractivity contribution in [1.82, 2.24) is 9.13 Å². The third-order valence-electron chi connectivity index (χ3n) is 8.75. The zero-order chi connectivity index (χ0) is 27.2. The van der Waals surface area contributed by atoms with Crippen molar-refractivity contribution in [2.24, 2.45) is 0 Å². The second-order valence-electron chi connectivity index (χ2n) is 11.2. The molecule has 198 valence electrons. The highest BCUT2D eigenvalue weighted by molar-refractivity contribution is 6.09. The molecule has 1 aliphatic rings. The first-order valence-electron chi connectivity index (χ1n) is 14.8. The molecular weight excluding hydrogens is 496 g/mol. The summed E-state index contributed by atoms with van der Waals surface area (Å²) in [5, 5.41) is 3.96. The molecule has 2 heterocycles. The highest BCUT2D eigenvalue weighted by Gasteiger charge is 2.18. The summed E-state index contributed by atoms with van der Waals surface area (Å²) >= 11 is 0. The summed E-state index contributed by atoms with van der Waals surface area (Å²) in [4.78, 5) is 0. The van der Waals surface area contributed by atoms with Gasteiger partial charge >= 0.3 is 0 Å². The smallest absolute Gasteiger partial charge is 0.0541 e. The SMILES string of the molecule is C1=Cc2c(n(-c3ccc(CCCc4ccc(-n5c6ccccc6c6ccccc65)cc4)cc3)c3ccccc23)CC1. The molecule has 2 aromatic heterocycles. The van der Waals surface area contributed by atoms with E-state index in [1.807, 2.05) is 0 Å². The minimum absolute atomic E-state index is 1.08. The minimum Gasteiger partial charge on any atom is -0.313 e. The summed E-state index contributed by atoms with van der Waals surface area (Å²) in [6.45, 7) is 0. The molecule has 5 aromatic carbocycles. The van der Waals surface area contributed by atoms with Crippen LogP contribution in [0.4, 0.5) is 0 Å². The summed E-state index contributed by atoms with van der Waals surface area (Å²) in [6.07, 6.45) is 10.1. The van der Waals surface area contributed by atoms with Crippen LogP contribution in [0, 0.1) is 0 Å². The zero-order valence-electron chi connectivity index (χ0n) is 23.1. The van der Waals surface area contributed by atoms with E-state index in [1.165, 1.54) is 66.5 Å². The van der Waals surface area contributed by atoms with Crippen LogP contribution in [0.5, 0.6) is 0 Å². The van der Waals surface area contributed by atoms with Gasteiger partial charge in [0.15, 0.2) is 0 Å². The molecule has 0 amide bonds. The average Bonchev–Trinajstić information content (AvgIpc) is 3.55. The summed E-state index contributed by atoms with van der Waals surface area (Å²) in [5.41, 5.74) is 11.9. The Morgan fingerprint density at radius 3 is 1.56 bits per heavy atom. The number of hydrogen-bond acceptors (Lipinski definition) is 0. The zero-order valence-corrected chi connectivity index (χ0v) is 23.1. The monoisotopic (exact) mass is 528 g/mol. The first kappa shape index (κ1) is 24.0. The average molecular weight is 529 g/mol. The number of para-hydroxylation sites is 3. The second-order valence-corrected chi connectivity index (χ2v) is 11.2. The van der Waals surface area contributed by atoms with E-state index in [0.29, 0.717) is 0 Å². The molecular formula is C39H32N2. The fourth-order valence-electron chi connectivity index (χ4n) is 6.79. The lowest BCUT2D eigenvalue weighted by molar-refractivity contribution is 0.819. The van der Waals surface area contributed by atoms with Gasteiger partial charge in [0.05, 0.1) is 16.6 Å². The molecule has 0 bridgehead atoms. The quantitative estimate of drug-likeness (QED) is 0.203. The normalized spacial score (nSPS) is 12.9. The molecule has 0 aliphatic heterocycles. The van der Waals surface area contributed by atoms with Crippen LogP contribution >= 0.6 is 0 Å². The van der Waals surface area contributed by atoms with Gasteiger partial charge in [-0.1, -0.05) is 91.0 Å². The number of fused-ring (bicyclic) bond motifs is 6. The fraction of sp³-hybridized carbons (Fsp3) is 0.128. The number of nitrogens with zero attached hydrogens (tertiary/aromatic N) is 2. The minimum atomic E-state index is 1.08. The molecule has 7 aromatic rings. The molecule has 0 radical (unpaired) electrons. The topological polar surface area (TPSA) is 9.86 Å². The first-order chi connectivity index (χ1) is 20.3. The summed E-state index contributed by atoms with van der Waals surface area (Å²) < 4.78 is 4.86. The lowest BCUT2D eigenvalue weighted by Crippen LogP contribution is -2.03. The van der Waals surface area contributed by atoms with Gasteiger partial charge in [0.1, 0.15) is 0 Å². The van der Waals surface area contributed by atoms with Crippen LogP contribution in [-0.2, 0) is 19.3 Å². The third-order valence-corrected chi connectivity index (χ3v) is 8.75. The summed E-state index contributed by atoms with van der Waals surface area (Å²) in [5.74, 6) is 0. The Bertz CT molecular complexity index is 2000. The molecule has 0 unspecified atom stereocenters. The van der Waals surface area contributed by atoms with Crippen molar-refractivity contribution in [3.8, 4) is 11.4 Å². The van der Waals surface area contributed by atoms with Gasteiger partial charge in [0, 0.05) is 38.8 Å². The molecule has 0 atom stereocenters. The van der Waals surface area contributed by atoms with Gasteiger partial charge in [0.25, 0.3) is 0 Å². The predicted octanol–water partition coefficient (Wildman–Crippen LogP) is 9.86. The standard InChI is InChI=1S/C39H32N2/c1-5-16-36-32(12-1)33-13-2-6-17-37(33)40(36)30-24-20-28(21-25-30)10-9-11-29-22-26-31(27-23-29)41-38-18-7-3-14-34(38)35-15-4-8-19-39(35)41/h1-7,12-18,20-27H,8-11,19H2. The Morgan fingerprint density at radius 2 is 0.976 bits per heavy atom. The molecule has 1 aliphatic carbocycles. The molecule has 2 heteroatoms. The number of rotatable bonds is 6. The summed E-state index contributed by atoms with van der Waals surface area (Å²) in [6, 6.07) is 44.6. The maximum atomic E-state index is 2.47. The number of aryl methyl sites for hydroxylation is 2. The maximum Gasteiger partial charge on any atom is 0.0541 e. The maximum absolute atomic E-state index is 2.47. The van der Waals surface area contributed by atoms with Crippen LogP contribution in [0.2, 0.25) is 0 Å². The lowest BCUT2D eigenvalue weighted by Gasteiger charge is -2.14. The summed E-state index contributed by atoms with van der Waals surface area (Å²) in [7, 11) is 0. The Morgan fingerprint density at radius 1 is 0.488 bits per heavy atom. The van der Waals surface area contributed by atoms with Crippen molar-refractivity contribution in [1.29, 1.82) is 0 Å². The van der Waals surface area contributed by atoms with Gasteiger partial charge in [-0.15, -0.1) is 0 Å². The van der Waals surface area contributed by atoms with Crippen LogP contribution in [0.25, 0.3) is 50.2 Å². The molecule has 0 spiro atoms. The Hall–Kier alpha value is -4.82. The number of allylic oxidation sites excluding steroid dienone is 1. The van der Waals surface area contributed by atoms with Gasteiger partial charge < -0.3 is 9.13 Å². The predicted molar refractivity (Wildman–Crippen MR) is 173 cm³/mol. The van der Waals surface area contributed by atoms with E-state index in [-0.39, 0.29) is 0 Å². The van der Waals surface area contributed by atoms with Crippen LogP contribution in [0.15, 0.2) is 127 Å². The van der Waals surface area contributed by atoms with Crippen molar-refractivity contribution < 1.29 is 0 Å². The van der Waals surface area contributed by atoms with Crippen molar-refractivity contribution in [2.45, 2.75) is 32.1 Å². The van der Waals surface area contributed by atoms with Crippen molar-refractivity contribution >= 4 is 38.8 Å². The molecule has 0 fully saturated rings.